The minimum absolute atomic E-state index is 0.0168. The van der Waals surface area contributed by atoms with Gasteiger partial charge in [-0.15, -0.1) is 0 Å². The van der Waals surface area contributed by atoms with E-state index in [1.54, 1.807) is 25.3 Å². The monoisotopic (exact) mass is 385 g/mol. The van der Waals surface area contributed by atoms with Gasteiger partial charge in [-0.1, -0.05) is 6.07 Å². The zero-order valence-corrected chi connectivity index (χ0v) is 16.1. The summed E-state index contributed by atoms with van der Waals surface area (Å²) in [5, 5.41) is 3.24. The Morgan fingerprint density at radius 3 is 2.19 bits per heavy atom. The molecule has 0 atom stereocenters. The third-order valence-corrected chi connectivity index (χ3v) is 5.45. The van der Waals surface area contributed by atoms with Crippen molar-refractivity contribution in [3.05, 3.63) is 77.2 Å². The van der Waals surface area contributed by atoms with Crippen molar-refractivity contribution in [3.8, 4) is 0 Å². The molecule has 1 heterocycles. The second kappa shape index (κ2) is 7.36. The number of aromatic nitrogens is 1. The van der Waals surface area contributed by atoms with Crippen LogP contribution in [0.2, 0.25) is 0 Å². The molecule has 0 radical (unpaired) electrons. The molecule has 27 heavy (non-hydrogen) atoms. The van der Waals surface area contributed by atoms with Gasteiger partial charge in [0.2, 0.25) is 0 Å². The van der Waals surface area contributed by atoms with E-state index in [-0.39, 0.29) is 10.7 Å². The lowest BCUT2D eigenvalue weighted by Crippen LogP contribution is -2.15. The minimum Gasteiger partial charge on any atom is -0.354 e. The Morgan fingerprint density at radius 1 is 0.889 bits per heavy atom. The number of aryl methyl sites for hydroxylation is 3. The number of rotatable bonds is 5. The van der Waals surface area contributed by atoms with Crippen molar-refractivity contribution in [2.75, 3.05) is 10.0 Å². The molecule has 140 valence electrons. The molecule has 0 aliphatic rings. The largest absolute Gasteiger partial charge is 0.354 e. The molecule has 0 saturated carbocycles. The van der Waals surface area contributed by atoms with Crippen LogP contribution in [-0.4, -0.2) is 13.4 Å². The molecule has 5 nitrogen and oxygen atoms in total. The standard InChI is InChI=1S/C20H20FN3O2S/c1-13-8-14(2)10-18(9-13)23-17-5-7-20(22-12-17)24-27(25,26)19-6-4-16(21)11-15(19)3/h4-12,23H,1-3H3,(H,22,24). The average molecular weight is 385 g/mol. The molecule has 1 aromatic heterocycles. The summed E-state index contributed by atoms with van der Waals surface area (Å²) in [6, 6.07) is 13.0. The number of hydrogen-bond donors (Lipinski definition) is 2. The van der Waals surface area contributed by atoms with E-state index in [2.05, 4.69) is 21.1 Å². The molecule has 0 amide bonds. The van der Waals surface area contributed by atoms with Crippen LogP contribution in [0.5, 0.6) is 0 Å². The molecule has 0 fully saturated rings. The van der Waals surface area contributed by atoms with Crippen LogP contribution in [0.1, 0.15) is 16.7 Å². The van der Waals surface area contributed by atoms with Crippen LogP contribution in [0.25, 0.3) is 0 Å². The Morgan fingerprint density at radius 2 is 1.59 bits per heavy atom. The van der Waals surface area contributed by atoms with Gasteiger partial charge in [0.15, 0.2) is 0 Å². The zero-order chi connectivity index (χ0) is 19.6. The molecular formula is C20H20FN3O2S. The summed E-state index contributed by atoms with van der Waals surface area (Å²) in [5.74, 6) is -0.295. The Balaban J connectivity index is 1.77. The van der Waals surface area contributed by atoms with Gasteiger partial charge in [0.05, 0.1) is 16.8 Å². The van der Waals surface area contributed by atoms with E-state index < -0.39 is 15.8 Å². The van der Waals surface area contributed by atoms with Gasteiger partial charge in [-0.25, -0.2) is 17.8 Å². The second-order valence-corrected chi connectivity index (χ2v) is 8.10. The van der Waals surface area contributed by atoms with Crippen molar-refractivity contribution in [2.24, 2.45) is 0 Å². The van der Waals surface area contributed by atoms with Crippen molar-refractivity contribution in [3.63, 3.8) is 0 Å². The number of pyridine rings is 1. The molecule has 0 saturated heterocycles. The van der Waals surface area contributed by atoms with E-state index in [1.165, 1.54) is 12.1 Å². The first-order valence-electron chi connectivity index (χ1n) is 8.33. The van der Waals surface area contributed by atoms with Gasteiger partial charge in [0, 0.05) is 5.69 Å². The van der Waals surface area contributed by atoms with Crippen molar-refractivity contribution >= 4 is 27.2 Å². The first-order valence-corrected chi connectivity index (χ1v) is 9.81. The fourth-order valence-electron chi connectivity index (χ4n) is 2.85. The number of benzene rings is 2. The molecular weight excluding hydrogens is 365 g/mol. The van der Waals surface area contributed by atoms with Gasteiger partial charge in [-0.3, -0.25) is 4.72 Å². The molecule has 0 bridgehead atoms. The van der Waals surface area contributed by atoms with E-state index in [9.17, 15) is 12.8 Å². The van der Waals surface area contributed by atoms with Crippen LogP contribution in [0.15, 0.2) is 59.6 Å². The van der Waals surface area contributed by atoms with E-state index >= 15 is 0 Å². The van der Waals surface area contributed by atoms with Gasteiger partial charge < -0.3 is 5.32 Å². The molecule has 0 spiro atoms. The number of sulfonamides is 1. The minimum atomic E-state index is -3.84. The Kier molecular flexibility index (Phi) is 5.14. The normalized spacial score (nSPS) is 11.3. The smallest absolute Gasteiger partial charge is 0.263 e. The van der Waals surface area contributed by atoms with Crippen LogP contribution < -0.4 is 10.0 Å². The van der Waals surface area contributed by atoms with Crippen molar-refractivity contribution < 1.29 is 12.8 Å². The summed E-state index contributed by atoms with van der Waals surface area (Å²) < 4.78 is 40.6. The first-order chi connectivity index (χ1) is 12.7. The SMILES string of the molecule is Cc1cc(C)cc(Nc2ccc(NS(=O)(=O)c3ccc(F)cc3C)nc2)c1. The van der Waals surface area contributed by atoms with Crippen molar-refractivity contribution in [1.29, 1.82) is 0 Å². The third-order valence-electron chi connectivity index (χ3n) is 3.94. The maximum atomic E-state index is 13.2. The quantitative estimate of drug-likeness (QED) is 0.668. The second-order valence-electron chi connectivity index (χ2n) is 6.45. The highest BCUT2D eigenvalue weighted by Gasteiger charge is 2.17. The van der Waals surface area contributed by atoms with E-state index in [0.717, 1.165) is 28.6 Å². The topological polar surface area (TPSA) is 71.1 Å². The maximum Gasteiger partial charge on any atom is 0.263 e. The summed E-state index contributed by atoms with van der Waals surface area (Å²) in [5.41, 5.74) is 4.29. The maximum absolute atomic E-state index is 13.2. The number of nitrogens with one attached hydrogen (secondary N) is 2. The number of halogens is 1. The predicted molar refractivity (Wildman–Crippen MR) is 105 cm³/mol. The molecule has 2 N–H and O–H groups in total. The molecule has 2 aromatic carbocycles. The molecule has 0 aliphatic carbocycles. The highest BCUT2D eigenvalue weighted by Crippen LogP contribution is 2.22. The van der Waals surface area contributed by atoms with Gasteiger partial charge in [0.25, 0.3) is 10.0 Å². The highest BCUT2D eigenvalue weighted by atomic mass is 32.2. The van der Waals surface area contributed by atoms with Crippen LogP contribution in [0.4, 0.5) is 21.6 Å². The summed E-state index contributed by atoms with van der Waals surface area (Å²) in [4.78, 5) is 4.17. The van der Waals surface area contributed by atoms with E-state index in [0.29, 0.717) is 5.56 Å². The molecule has 0 aliphatic heterocycles. The van der Waals surface area contributed by atoms with Gasteiger partial charge in [-0.05, 0) is 79.9 Å². The number of nitrogens with zero attached hydrogens (tertiary/aromatic N) is 1. The molecule has 3 aromatic rings. The fourth-order valence-corrected chi connectivity index (χ4v) is 4.08. The number of hydrogen-bond acceptors (Lipinski definition) is 4. The Bertz CT molecular complexity index is 1060. The van der Waals surface area contributed by atoms with Crippen LogP contribution in [0, 0.1) is 26.6 Å². The third kappa shape index (κ3) is 4.62. The van der Waals surface area contributed by atoms with Crippen molar-refractivity contribution in [1.82, 2.24) is 4.98 Å². The van der Waals surface area contributed by atoms with Gasteiger partial charge >= 0.3 is 0 Å². The van der Waals surface area contributed by atoms with E-state index in [1.807, 2.05) is 26.0 Å². The van der Waals surface area contributed by atoms with E-state index in [4.69, 9.17) is 0 Å². The summed E-state index contributed by atoms with van der Waals surface area (Å²) in [6.07, 6.45) is 1.55. The van der Waals surface area contributed by atoms with Gasteiger partial charge in [-0.2, -0.15) is 0 Å². The Labute approximate surface area is 158 Å². The highest BCUT2D eigenvalue weighted by molar-refractivity contribution is 7.92. The summed E-state index contributed by atoms with van der Waals surface area (Å²) >= 11 is 0. The lowest BCUT2D eigenvalue weighted by Gasteiger charge is -2.11. The first kappa shape index (κ1) is 18.8. The molecule has 0 unspecified atom stereocenters. The summed E-state index contributed by atoms with van der Waals surface area (Å²) in [6.45, 7) is 5.58. The van der Waals surface area contributed by atoms with Gasteiger partial charge in [0.1, 0.15) is 11.6 Å². The van der Waals surface area contributed by atoms with Crippen molar-refractivity contribution in [2.45, 2.75) is 25.7 Å². The zero-order valence-electron chi connectivity index (χ0n) is 15.2. The molecule has 7 heteroatoms. The average Bonchev–Trinajstić information content (AvgIpc) is 2.55. The van der Waals surface area contributed by atoms with Crippen LogP contribution in [-0.2, 0) is 10.0 Å². The fraction of sp³-hybridized carbons (Fsp3) is 0.150. The Hall–Kier alpha value is -2.93. The lowest BCUT2D eigenvalue weighted by molar-refractivity contribution is 0.598. The lowest BCUT2D eigenvalue weighted by atomic mass is 10.1. The number of anilines is 3. The molecule has 3 rings (SSSR count). The van der Waals surface area contributed by atoms with Crippen LogP contribution >= 0.6 is 0 Å². The summed E-state index contributed by atoms with van der Waals surface area (Å²) in [7, 11) is -3.84. The predicted octanol–water partition coefficient (Wildman–Crippen LogP) is 4.69. The van der Waals surface area contributed by atoms with Crippen LogP contribution in [0.3, 0.4) is 0 Å².